The van der Waals surface area contributed by atoms with Gasteiger partial charge in [0.2, 0.25) is 0 Å². The van der Waals surface area contributed by atoms with Crippen molar-refractivity contribution in [2.45, 2.75) is 58.0 Å². The Hall–Kier alpha value is -4.03. The highest BCUT2D eigenvalue weighted by Gasteiger charge is 2.34. The molecule has 2 amide bonds. The third kappa shape index (κ3) is 6.33. The van der Waals surface area contributed by atoms with E-state index in [0.29, 0.717) is 60.5 Å². The number of rotatable bonds is 3. The number of hydrogen-bond acceptors (Lipinski definition) is 6. The number of aromatic nitrogens is 2. The smallest absolute Gasteiger partial charge is 0.489 e. The van der Waals surface area contributed by atoms with E-state index in [4.69, 9.17) is 9.47 Å². The molecule has 0 spiro atoms. The van der Waals surface area contributed by atoms with Gasteiger partial charge < -0.3 is 24.1 Å². The number of fused-ring (bicyclic) bond motifs is 3. The Morgan fingerprint density at radius 2 is 1.73 bits per heavy atom. The van der Waals surface area contributed by atoms with Gasteiger partial charge in [-0.2, -0.15) is 0 Å². The van der Waals surface area contributed by atoms with E-state index in [2.05, 4.69) is 14.7 Å². The monoisotopic (exact) mass is 578 g/mol. The molecule has 0 bridgehead atoms. The Kier molecular flexibility index (Phi) is 7.47. The van der Waals surface area contributed by atoms with Gasteiger partial charge in [0.25, 0.3) is 5.91 Å². The summed E-state index contributed by atoms with van der Waals surface area (Å²) in [6, 6.07) is 4.76. The highest BCUT2D eigenvalue weighted by Crippen LogP contribution is 2.41. The van der Waals surface area contributed by atoms with Crippen molar-refractivity contribution in [1.82, 2.24) is 19.8 Å². The Morgan fingerprint density at radius 1 is 1.05 bits per heavy atom. The number of nitrogens with one attached hydrogen (secondary N) is 1. The van der Waals surface area contributed by atoms with Gasteiger partial charge in [-0.25, -0.2) is 14.2 Å². The minimum absolute atomic E-state index is 0.182. The quantitative estimate of drug-likeness (QED) is 0.398. The summed E-state index contributed by atoms with van der Waals surface area (Å²) in [5, 5.41) is 0.524. The van der Waals surface area contributed by atoms with E-state index in [1.807, 2.05) is 0 Å². The van der Waals surface area contributed by atoms with Crippen molar-refractivity contribution in [3.63, 3.8) is 0 Å². The van der Waals surface area contributed by atoms with Crippen LogP contribution in [0.2, 0.25) is 0 Å². The van der Waals surface area contributed by atoms with Gasteiger partial charge in [-0.05, 0) is 63.8 Å². The lowest BCUT2D eigenvalue weighted by atomic mass is 9.87. The number of amides is 2. The molecule has 0 atom stereocenters. The zero-order valence-electron chi connectivity index (χ0n) is 22.8. The maximum atomic E-state index is 15.3. The molecule has 5 rings (SSSR count). The van der Waals surface area contributed by atoms with Crippen LogP contribution >= 0.6 is 0 Å². The van der Waals surface area contributed by atoms with Crippen LogP contribution in [-0.4, -0.2) is 70.0 Å². The molecule has 220 valence electrons. The molecule has 4 heterocycles. The SMILES string of the molecule is CC(C)(C)OC(=O)N1CCOc2c([nH]c3ncc(F)c(C4CCN(C(=O)c5ccc(OC(F)(F)F)cc5)CC4)c23)C1. The summed E-state index contributed by atoms with van der Waals surface area (Å²) in [6.07, 6.45) is -3.23. The fourth-order valence-electron chi connectivity index (χ4n) is 5.21. The van der Waals surface area contributed by atoms with Crippen molar-refractivity contribution in [2.75, 3.05) is 26.2 Å². The molecule has 0 saturated carbocycles. The minimum atomic E-state index is -4.82. The molecule has 2 aromatic heterocycles. The molecule has 13 heteroatoms. The number of nitrogens with zero attached hydrogens (tertiary/aromatic N) is 3. The number of likely N-dealkylation sites (tertiary alicyclic amines) is 1. The van der Waals surface area contributed by atoms with Crippen LogP contribution < -0.4 is 9.47 Å². The Balaban J connectivity index is 1.32. The number of pyridine rings is 1. The summed E-state index contributed by atoms with van der Waals surface area (Å²) >= 11 is 0. The molecule has 0 radical (unpaired) electrons. The molecular weight excluding hydrogens is 548 g/mol. The molecule has 0 unspecified atom stereocenters. The van der Waals surface area contributed by atoms with Gasteiger partial charge in [-0.3, -0.25) is 9.69 Å². The number of halogens is 4. The van der Waals surface area contributed by atoms with Gasteiger partial charge in [0.1, 0.15) is 29.4 Å². The number of H-pyrrole nitrogens is 1. The lowest BCUT2D eigenvalue weighted by molar-refractivity contribution is -0.274. The highest BCUT2D eigenvalue weighted by molar-refractivity contribution is 5.94. The maximum absolute atomic E-state index is 15.3. The van der Waals surface area contributed by atoms with Crippen molar-refractivity contribution in [3.8, 4) is 11.5 Å². The first kappa shape index (κ1) is 28.5. The molecule has 1 fully saturated rings. The second-order valence-corrected chi connectivity index (χ2v) is 11.1. The Labute approximate surface area is 233 Å². The lowest BCUT2D eigenvalue weighted by Gasteiger charge is -2.32. The van der Waals surface area contributed by atoms with Crippen LogP contribution in [0.1, 0.15) is 61.1 Å². The maximum Gasteiger partial charge on any atom is 0.573 e. The van der Waals surface area contributed by atoms with Gasteiger partial charge in [0.05, 0.1) is 30.4 Å². The van der Waals surface area contributed by atoms with Crippen LogP contribution in [0.5, 0.6) is 11.5 Å². The van der Waals surface area contributed by atoms with E-state index in [1.165, 1.54) is 17.0 Å². The number of alkyl halides is 3. The zero-order chi connectivity index (χ0) is 29.5. The lowest BCUT2D eigenvalue weighted by Crippen LogP contribution is -2.38. The van der Waals surface area contributed by atoms with E-state index in [9.17, 15) is 22.8 Å². The molecule has 1 saturated heterocycles. The number of aromatic amines is 1. The van der Waals surface area contributed by atoms with Crippen molar-refractivity contribution >= 4 is 23.0 Å². The Bertz CT molecular complexity index is 1440. The molecule has 41 heavy (non-hydrogen) atoms. The number of hydrogen-bond donors (Lipinski definition) is 1. The second kappa shape index (κ2) is 10.7. The summed E-state index contributed by atoms with van der Waals surface area (Å²) < 4.78 is 68.0. The first-order valence-corrected chi connectivity index (χ1v) is 13.2. The van der Waals surface area contributed by atoms with E-state index >= 15 is 4.39 Å². The Morgan fingerprint density at radius 3 is 2.37 bits per heavy atom. The zero-order valence-corrected chi connectivity index (χ0v) is 22.8. The average Bonchev–Trinajstić information content (AvgIpc) is 3.09. The van der Waals surface area contributed by atoms with Crippen LogP contribution in [0.25, 0.3) is 11.0 Å². The molecule has 1 N–H and O–H groups in total. The van der Waals surface area contributed by atoms with Gasteiger partial charge in [0.15, 0.2) is 5.75 Å². The number of piperidine rings is 1. The number of carbonyl (C=O) groups is 2. The molecule has 9 nitrogen and oxygen atoms in total. The van der Waals surface area contributed by atoms with Crippen molar-refractivity contribution in [3.05, 3.63) is 53.1 Å². The third-order valence-electron chi connectivity index (χ3n) is 6.97. The van der Waals surface area contributed by atoms with E-state index < -0.39 is 29.6 Å². The van der Waals surface area contributed by atoms with Crippen LogP contribution in [-0.2, 0) is 11.3 Å². The largest absolute Gasteiger partial charge is 0.573 e. The van der Waals surface area contributed by atoms with Crippen LogP contribution in [0.4, 0.5) is 22.4 Å². The summed E-state index contributed by atoms with van der Waals surface area (Å²) in [5.74, 6) is -1.01. The summed E-state index contributed by atoms with van der Waals surface area (Å²) in [6.45, 7) is 6.68. The van der Waals surface area contributed by atoms with Crippen LogP contribution in [0.3, 0.4) is 0 Å². The third-order valence-corrected chi connectivity index (χ3v) is 6.97. The predicted molar refractivity (Wildman–Crippen MR) is 139 cm³/mol. The first-order chi connectivity index (χ1) is 19.3. The molecule has 1 aromatic carbocycles. The topological polar surface area (TPSA) is 97.0 Å². The fourth-order valence-corrected chi connectivity index (χ4v) is 5.21. The molecule has 0 aliphatic carbocycles. The van der Waals surface area contributed by atoms with E-state index in [-0.39, 0.29) is 30.5 Å². The van der Waals surface area contributed by atoms with Crippen LogP contribution in [0.15, 0.2) is 30.5 Å². The van der Waals surface area contributed by atoms with E-state index in [1.54, 1.807) is 25.7 Å². The van der Waals surface area contributed by atoms with E-state index in [0.717, 1.165) is 18.3 Å². The van der Waals surface area contributed by atoms with Crippen molar-refractivity contribution in [2.24, 2.45) is 0 Å². The van der Waals surface area contributed by atoms with Crippen LogP contribution in [0, 0.1) is 5.82 Å². The second-order valence-electron chi connectivity index (χ2n) is 11.1. The van der Waals surface area contributed by atoms with Crippen molar-refractivity contribution in [1.29, 1.82) is 0 Å². The number of carbonyl (C=O) groups excluding carboxylic acids is 2. The number of ether oxygens (including phenoxy) is 3. The molecular formula is C28H30F4N4O5. The van der Waals surface area contributed by atoms with Gasteiger partial charge in [-0.15, -0.1) is 13.2 Å². The fraction of sp³-hybridized carbons (Fsp3) is 0.464. The average molecular weight is 579 g/mol. The molecule has 2 aliphatic heterocycles. The normalized spacial score (nSPS) is 16.7. The number of benzene rings is 1. The van der Waals surface area contributed by atoms with Gasteiger partial charge >= 0.3 is 12.5 Å². The minimum Gasteiger partial charge on any atom is -0.489 e. The molecule has 3 aromatic rings. The highest BCUT2D eigenvalue weighted by atomic mass is 19.4. The summed E-state index contributed by atoms with van der Waals surface area (Å²) in [5.41, 5.74) is 1.05. The standard InChI is InChI=1S/C28H30F4N4O5/c1-27(2,3)41-26(38)36-12-13-39-23-20(15-36)34-24-22(23)21(19(29)14-33-24)16-8-10-35(11-9-16)25(37)17-4-6-18(7-5-17)40-28(30,31)32/h4-7,14,16H,8-13,15H2,1-3H3,(H,33,34). The first-order valence-electron chi connectivity index (χ1n) is 13.2. The van der Waals surface area contributed by atoms with Crippen molar-refractivity contribution < 1.29 is 41.4 Å². The predicted octanol–water partition coefficient (Wildman–Crippen LogP) is 5.75. The van der Waals surface area contributed by atoms with Gasteiger partial charge in [-0.1, -0.05) is 0 Å². The van der Waals surface area contributed by atoms with Gasteiger partial charge in [0, 0.05) is 24.2 Å². The summed E-state index contributed by atoms with van der Waals surface area (Å²) in [7, 11) is 0. The summed E-state index contributed by atoms with van der Waals surface area (Å²) in [4.78, 5) is 36.2. The molecule has 2 aliphatic rings.